The Kier molecular flexibility index (Phi) is 3.86. The highest BCUT2D eigenvalue weighted by molar-refractivity contribution is 7.19. The zero-order chi connectivity index (χ0) is 18.4. The molecule has 0 aliphatic heterocycles. The number of fused-ring (bicyclic) bond motifs is 3. The fourth-order valence-corrected chi connectivity index (χ4v) is 5.04. The number of nitrogens with two attached hydrogens (primary N) is 1. The Labute approximate surface area is 160 Å². The van der Waals surface area contributed by atoms with Crippen LogP contribution in [0.25, 0.3) is 21.6 Å². The summed E-state index contributed by atoms with van der Waals surface area (Å²) in [7, 11) is 0. The first-order valence-electron chi connectivity index (χ1n) is 9.07. The number of thiophene rings is 1. The number of benzene rings is 1. The molecule has 3 heterocycles. The molecule has 8 heteroatoms. The van der Waals surface area contributed by atoms with Gasteiger partial charge in [0.15, 0.2) is 5.82 Å². The summed E-state index contributed by atoms with van der Waals surface area (Å²) in [5.41, 5.74) is 8.58. The predicted octanol–water partition coefficient (Wildman–Crippen LogP) is 3.10. The number of nitrogens with zero attached hydrogens (tertiary/aromatic N) is 6. The van der Waals surface area contributed by atoms with Crippen LogP contribution < -0.4 is 5.73 Å². The van der Waals surface area contributed by atoms with E-state index in [1.54, 1.807) is 11.3 Å². The molecule has 1 aliphatic rings. The maximum absolute atomic E-state index is 6.30. The molecule has 1 atom stereocenters. The Bertz CT molecular complexity index is 1120. The van der Waals surface area contributed by atoms with Crippen LogP contribution in [0.3, 0.4) is 0 Å². The summed E-state index contributed by atoms with van der Waals surface area (Å²) in [4.78, 5) is 13.2. The molecule has 5 rings (SSSR count). The third kappa shape index (κ3) is 2.95. The van der Waals surface area contributed by atoms with E-state index in [-0.39, 0.29) is 0 Å². The molecule has 0 radical (unpaired) electrons. The normalized spacial score (nSPS) is 16.6. The van der Waals surface area contributed by atoms with Crippen molar-refractivity contribution in [1.29, 1.82) is 0 Å². The number of rotatable bonds is 3. The lowest BCUT2D eigenvalue weighted by Gasteiger charge is -2.17. The minimum Gasteiger partial charge on any atom is -0.383 e. The molecule has 1 aromatic carbocycles. The second-order valence-electron chi connectivity index (χ2n) is 7.07. The molecule has 136 valence electrons. The summed E-state index contributed by atoms with van der Waals surface area (Å²) >= 11 is 1.75. The van der Waals surface area contributed by atoms with Gasteiger partial charge in [0.1, 0.15) is 17.2 Å². The van der Waals surface area contributed by atoms with Gasteiger partial charge in [-0.3, -0.25) is 0 Å². The van der Waals surface area contributed by atoms with Crippen molar-refractivity contribution in [2.24, 2.45) is 5.92 Å². The van der Waals surface area contributed by atoms with Crippen molar-refractivity contribution < 1.29 is 0 Å². The quantitative estimate of drug-likeness (QED) is 0.589. The number of tetrazole rings is 1. The molecular formula is C19H19N7S. The van der Waals surface area contributed by atoms with Crippen LogP contribution in [0, 0.1) is 5.92 Å². The molecule has 0 bridgehead atoms. The van der Waals surface area contributed by atoms with Crippen LogP contribution in [-0.2, 0) is 19.4 Å². The van der Waals surface area contributed by atoms with E-state index in [1.807, 2.05) is 30.3 Å². The maximum atomic E-state index is 6.30. The van der Waals surface area contributed by atoms with Gasteiger partial charge < -0.3 is 5.73 Å². The summed E-state index contributed by atoms with van der Waals surface area (Å²) in [6.07, 6.45) is 3.37. The van der Waals surface area contributed by atoms with Gasteiger partial charge >= 0.3 is 0 Å². The van der Waals surface area contributed by atoms with E-state index >= 15 is 0 Å². The molecule has 27 heavy (non-hydrogen) atoms. The first-order valence-corrected chi connectivity index (χ1v) is 9.89. The Morgan fingerprint density at radius 1 is 1.22 bits per heavy atom. The number of aromatic nitrogens is 6. The highest BCUT2D eigenvalue weighted by Crippen LogP contribution is 2.39. The number of aryl methyl sites for hydroxylation is 1. The fraction of sp³-hybridized carbons (Fsp3) is 0.316. The summed E-state index contributed by atoms with van der Waals surface area (Å²) in [5, 5.41) is 13.7. The van der Waals surface area contributed by atoms with E-state index in [0.29, 0.717) is 24.0 Å². The van der Waals surface area contributed by atoms with E-state index in [1.165, 1.54) is 21.7 Å². The van der Waals surface area contributed by atoms with Crippen LogP contribution in [0.1, 0.15) is 29.6 Å². The smallest absolute Gasteiger partial charge is 0.204 e. The van der Waals surface area contributed by atoms with Gasteiger partial charge in [-0.25, -0.2) is 9.97 Å². The second kappa shape index (κ2) is 6.38. The molecular weight excluding hydrogens is 358 g/mol. The number of nitrogen functional groups attached to an aromatic ring is 1. The van der Waals surface area contributed by atoms with Crippen molar-refractivity contribution in [1.82, 2.24) is 30.2 Å². The molecule has 0 fully saturated rings. The average Bonchev–Trinajstić information content (AvgIpc) is 3.26. The zero-order valence-electron chi connectivity index (χ0n) is 15.0. The molecule has 1 aliphatic carbocycles. The third-order valence-corrected chi connectivity index (χ3v) is 6.15. The number of hydrogen-bond donors (Lipinski definition) is 1. The van der Waals surface area contributed by atoms with Crippen molar-refractivity contribution in [3.63, 3.8) is 0 Å². The highest BCUT2D eigenvalue weighted by atomic mass is 32.1. The lowest BCUT2D eigenvalue weighted by molar-refractivity contribution is 0.509. The Morgan fingerprint density at radius 2 is 2.07 bits per heavy atom. The van der Waals surface area contributed by atoms with Crippen molar-refractivity contribution in [2.75, 3.05) is 5.73 Å². The molecule has 7 nitrogen and oxygen atoms in total. The van der Waals surface area contributed by atoms with Crippen molar-refractivity contribution in [3.8, 4) is 11.4 Å². The van der Waals surface area contributed by atoms with Gasteiger partial charge in [0, 0.05) is 10.4 Å². The van der Waals surface area contributed by atoms with E-state index in [4.69, 9.17) is 10.7 Å². The van der Waals surface area contributed by atoms with Gasteiger partial charge in [-0.2, -0.15) is 4.80 Å². The first-order chi connectivity index (χ1) is 13.2. The molecule has 4 aromatic rings. The molecule has 2 N–H and O–H groups in total. The van der Waals surface area contributed by atoms with Crippen LogP contribution in [0.15, 0.2) is 30.3 Å². The van der Waals surface area contributed by atoms with E-state index < -0.39 is 0 Å². The zero-order valence-corrected chi connectivity index (χ0v) is 15.8. The summed E-state index contributed by atoms with van der Waals surface area (Å²) < 4.78 is 0. The summed E-state index contributed by atoms with van der Waals surface area (Å²) in [6, 6.07) is 9.78. The molecule has 0 amide bonds. The lowest BCUT2D eigenvalue weighted by atomic mass is 9.89. The van der Waals surface area contributed by atoms with Gasteiger partial charge in [-0.15, -0.1) is 21.5 Å². The van der Waals surface area contributed by atoms with Gasteiger partial charge in [0.25, 0.3) is 0 Å². The van der Waals surface area contributed by atoms with Crippen molar-refractivity contribution >= 4 is 27.4 Å². The number of hydrogen-bond acceptors (Lipinski definition) is 7. The Hall–Kier alpha value is -2.87. The summed E-state index contributed by atoms with van der Waals surface area (Å²) in [5.74, 6) is 2.48. The van der Waals surface area contributed by atoms with Gasteiger partial charge in [-0.05, 0) is 36.0 Å². The minimum atomic E-state index is 0.346. The first kappa shape index (κ1) is 16.3. The van der Waals surface area contributed by atoms with Gasteiger partial charge in [0.2, 0.25) is 5.82 Å². The van der Waals surface area contributed by atoms with Gasteiger partial charge in [-0.1, -0.05) is 37.3 Å². The molecule has 0 saturated heterocycles. The minimum absolute atomic E-state index is 0.346. The summed E-state index contributed by atoms with van der Waals surface area (Å²) in [6.45, 7) is 2.65. The Morgan fingerprint density at radius 3 is 2.93 bits per heavy atom. The topological polar surface area (TPSA) is 95.4 Å². The van der Waals surface area contributed by atoms with E-state index in [0.717, 1.165) is 34.5 Å². The third-order valence-electron chi connectivity index (χ3n) is 5.00. The molecule has 0 saturated carbocycles. The Balaban J connectivity index is 1.47. The monoisotopic (exact) mass is 377 g/mol. The predicted molar refractivity (Wildman–Crippen MR) is 105 cm³/mol. The maximum Gasteiger partial charge on any atom is 0.204 e. The standard InChI is InChI=1S/C19H19N7S/c1-11-7-8-13-14(9-11)27-19-16(13)17(20)21-15(22-19)10-26-24-18(23-25-26)12-5-3-2-4-6-12/h2-6,11H,7-10H2,1H3,(H2,20,21,22). The fourth-order valence-electron chi connectivity index (χ4n) is 3.63. The highest BCUT2D eigenvalue weighted by Gasteiger charge is 2.23. The van der Waals surface area contributed by atoms with Crippen LogP contribution in [-0.4, -0.2) is 30.2 Å². The van der Waals surface area contributed by atoms with Crippen LogP contribution in [0.5, 0.6) is 0 Å². The molecule has 0 spiro atoms. The van der Waals surface area contributed by atoms with Crippen LogP contribution in [0.4, 0.5) is 5.82 Å². The largest absolute Gasteiger partial charge is 0.383 e. The van der Waals surface area contributed by atoms with Crippen LogP contribution in [0.2, 0.25) is 0 Å². The SMILES string of the molecule is CC1CCc2c(sc3nc(Cn4nnc(-c5ccccc5)n4)nc(N)c23)C1. The molecule has 3 aromatic heterocycles. The van der Waals surface area contributed by atoms with Crippen LogP contribution >= 0.6 is 11.3 Å². The number of anilines is 1. The lowest BCUT2D eigenvalue weighted by Crippen LogP contribution is -2.10. The van der Waals surface area contributed by atoms with E-state index in [2.05, 4.69) is 27.3 Å². The van der Waals surface area contributed by atoms with Crippen molar-refractivity contribution in [3.05, 3.63) is 46.6 Å². The second-order valence-corrected chi connectivity index (χ2v) is 8.15. The molecule has 1 unspecified atom stereocenters. The van der Waals surface area contributed by atoms with Crippen molar-refractivity contribution in [2.45, 2.75) is 32.7 Å². The van der Waals surface area contributed by atoms with Gasteiger partial charge in [0.05, 0.1) is 5.39 Å². The van der Waals surface area contributed by atoms with E-state index in [9.17, 15) is 0 Å². The average molecular weight is 377 g/mol.